The highest BCUT2D eigenvalue weighted by atomic mass is 16.5. The fourth-order valence-corrected chi connectivity index (χ4v) is 2.53. The van der Waals surface area contributed by atoms with Crippen molar-refractivity contribution in [2.24, 2.45) is 0 Å². The van der Waals surface area contributed by atoms with E-state index in [0.717, 1.165) is 18.5 Å². The van der Waals surface area contributed by atoms with Crippen molar-refractivity contribution in [3.63, 3.8) is 0 Å². The fraction of sp³-hybridized carbons (Fsp3) is 0.467. The lowest BCUT2D eigenvalue weighted by molar-refractivity contribution is -0.139. The van der Waals surface area contributed by atoms with Gasteiger partial charge in [0, 0.05) is 37.4 Å². The van der Waals surface area contributed by atoms with Crippen LogP contribution in [0.3, 0.4) is 0 Å². The van der Waals surface area contributed by atoms with Crippen molar-refractivity contribution in [3.05, 3.63) is 42.7 Å². The summed E-state index contributed by atoms with van der Waals surface area (Å²) in [5.41, 5.74) is 0.999. The molecule has 0 spiro atoms. The Morgan fingerprint density at radius 3 is 3.14 bits per heavy atom. The molecule has 0 N–H and O–H groups in total. The SMILES string of the molecule is O=C(Cn1cccn1)N1CCO[C@H](CCc2ccncn2)C1. The summed E-state index contributed by atoms with van der Waals surface area (Å²) in [4.78, 5) is 22.2. The second-order valence-corrected chi connectivity index (χ2v) is 5.28. The first kappa shape index (κ1) is 14.6. The van der Waals surface area contributed by atoms with Crippen molar-refractivity contribution in [3.8, 4) is 0 Å². The molecule has 1 atom stereocenters. The second-order valence-electron chi connectivity index (χ2n) is 5.28. The zero-order chi connectivity index (χ0) is 15.2. The number of rotatable bonds is 5. The van der Waals surface area contributed by atoms with Crippen LogP contribution in [0, 0.1) is 0 Å². The van der Waals surface area contributed by atoms with Crippen LogP contribution in [0.15, 0.2) is 37.1 Å². The number of carbonyl (C=O) groups is 1. The van der Waals surface area contributed by atoms with Crippen LogP contribution in [0.1, 0.15) is 12.1 Å². The Morgan fingerprint density at radius 2 is 2.36 bits per heavy atom. The summed E-state index contributed by atoms with van der Waals surface area (Å²) in [7, 11) is 0. The Bertz CT molecular complexity index is 587. The van der Waals surface area contributed by atoms with E-state index in [9.17, 15) is 4.79 Å². The van der Waals surface area contributed by atoms with Crippen LogP contribution in [-0.2, 0) is 22.5 Å². The molecule has 3 rings (SSSR count). The Hall–Kier alpha value is -2.28. The third-order valence-corrected chi connectivity index (χ3v) is 3.71. The third kappa shape index (κ3) is 3.88. The molecule has 7 heteroatoms. The molecular weight excluding hydrogens is 282 g/mol. The van der Waals surface area contributed by atoms with Crippen molar-refractivity contribution in [2.45, 2.75) is 25.5 Å². The predicted molar refractivity (Wildman–Crippen MR) is 78.9 cm³/mol. The van der Waals surface area contributed by atoms with Gasteiger partial charge in [-0.15, -0.1) is 0 Å². The average molecular weight is 301 g/mol. The van der Waals surface area contributed by atoms with Crippen LogP contribution in [0.2, 0.25) is 0 Å². The Morgan fingerprint density at radius 1 is 1.41 bits per heavy atom. The topological polar surface area (TPSA) is 73.1 Å². The van der Waals surface area contributed by atoms with E-state index in [-0.39, 0.29) is 18.6 Å². The fourth-order valence-electron chi connectivity index (χ4n) is 2.53. The number of hydrogen-bond donors (Lipinski definition) is 0. The smallest absolute Gasteiger partial charge is 0.244 e. The van der Waals surface area contributed by atoms with E-state index in [1.807, 2.05) is 17.0 Å². The van der Waals surface area contributed by atoms with E-state index in [0.29, 0.717) is 19.7 Å². The molecule has 0 unspecified atom stereocenters. The molecule has 7 nitrogen and oxygen atoms in total. The highest BCUT2D eigenvalue weighted by Gasteiger charge is 2.24. The van der Waals surface area contributed by atoms with Crippen molar-refractivity contribution >= 4 is 5.91 Å². The Kier molecular flexibility index (Phi) is 4.75. The maximum atomic E-state index is 12.3. The molecule has 2 aromatic rings. The third-order valence-electron chi connectivity index (χ3n) is 3.71. The van der Waals surface area contributed by atoms with E-state index < -0.39 is 0 Å². The quantitative estimate of drug-likeness (QED) is 0.805. The number of aryl methyl sites for hydroxylation is 1. The molecule has 0 radical (unpaired) electrons. The molecule has 0 aliphatic carbocycles. The number of aromatic nitrogens is 4. The van der Waals surface area contributed by atoms with Crippen molar-refractivity contribution in [1.29, 1.82) is 0 Å². The summed E-state index contributed by atoms with van der Waals surface area (Å²) in [6, 6.07) is 3.72. The zero-order valence-corrected chi connectivity index (χ0v) is 12.3. The molecule has 0 bridgehead atoms. The minimum atomic E-state index is 0.0605. The molecular formula is C15H19N5O2. The van der Waals surface area contributed by atoms with Gasteiger partial charge in [0.1, 0.15) is 12.9 Å². The predicted octanol–water partition coefficient (Wildman–Crippen LogP) is 0.533. The van der Waals surface area contributed by atoms with Gasteiger partial charge in [-0.05, 0) is 25.0 Å². The largest absolute Gasteiger partial charge is 0.375 e. The Balaban J connectivity index is 1.49. The van der Waals surface area contributed by atoms with Gasteiger partial charge in [-0.3, -0.25) is 9.48 Å². The van der Waals surface area contributed by atoms with E-state index in [1.54, 1.807) is 29.6 Å². The van der Waals surface area contributed by atoms with Gasteiger partial charge < -0.3 is 9.64 Å². The first-order valence-electron chi connectivity index (χ1n) is 7.43. The summed E-state index contributed by atoms with van der Waals surface area (Å²) >= 11 is 0. The van der Waals surface area contributed by atoms with Gasteiger partial charge in [-0.25, -0.2) is 9.97 Å². The van der Waals surface area contributed by atoms with Crippen LogP contribution in [0.4, 0.5) is 0 Å². The standard InChI is InChI=1S/C15H19N5O2/c21-15(11-20-7-1-5-18-20)19-8-9-22-14(10-19)3-2-13-4-6-16-12-17-13/h1,4-7,12,14H,2-3,8-11H2/t14-/m1/s1. The lowest BCUT2D eigenvalue weighted by atomic mass is 10.1. The summed E-state index contributed by atoms with van der Waals surface area (Å²) in [5.74, 6) is 0.0824. The maximum Gasteiger partial charge on any atom is 0.244 e. The number of morpholine rings is 1. The van der Waals surface area contributed by atoms with Crippen LogP contribution in [-0.4, -0.2) is 56.4 Å². The lowest BCUT2D eigenvalue weighted by Crippen LogP contribution is -2.46. The van der Waals surface area contributed by atoms with E-state index in [1.165, 1.54) is 0 Å². The number of amides is 1. The normalized spacial score (nSPS) is 18.4. The first-order chi connectivity index (χ1) is 10.8. The second kappa shape index (κ2) is 7.13. The maximum absolute atomic E-state index is 12.3. The van der Waals surface area contributed by atoms with E-state index in [2.05, 4.69) is 15.1 Å². The molecule has 116 valence electrons. The van der Waals surface area contributed by atoms with Crippen molar-refractivity contribution in [1.82, 2.24) is 24.6 Å². The van der Waals surface area contributed by atoms with Gasteiger partial charge in [0.2, 0.25) is 5.91 Å². The molecule has 1 aliphatic rings. The van der Waals surface area contributed by atoms with E-state index >= 15 is 0 Å². The van der Waals surface area contributed by atoms with Gasteiger partial charge in [-0.2, -0.15) is 5.10 Å². The molecule has 22 heavy (non-hydrogen) atoms. The van der Waals surface area contributed by atoms with Gasteiger partial charge in [-0.1, -0.05) is 0 Å². The zero-order valence-electron chi connectivity index (χ0n) is 12.3. The molecule has 1 saturated heterocycles. The summed E-state index contributed by atoms with van der Waals surface area (Å²) in [6.45, 7) is 2.14. The van der Waals surface area contributed by atoms with Gasteiger partial charge >= 0.3 is 0 Å². The molecule has 1 aliphatic heterocycles. The van der Waals surface area contributed by atoms with Gasteiger partial charge in [0.25, 0.3) is 0 Å². The van der Waals surface area contributed by atoms with Gasteiger partial charge in [0.15, 0.2) is 0 Å². The van der Waals surface area contributed by atoms with E-state index in [4.69, 9.17) is 4.74 Å². The molecule has 0 aromatic carbocycles. The van der Waals surface area contributed by atoms with Crippen LogP contribution < -0.4 is 0 Å². The summed E-state index contributed by atoms with van der Waals surface area (Å²) in [5, 5.41) is 4.07. The number of hydrogen-bond acceptors (Lipinski definition) is 5. The first-order valence-corrected chi connectivity index (χ1v) is 7.43. The van der Waals surface area contributed by atoms with Crippen LogP contribution in [0.25, 0.3) is 0 Å². The summed E-state index contributed by atoms with van der Waals surface area (Å²) in [6.07, 6.45) is 8.50. The van der Waals surface area contributed by atoms with Crippen LogP contribution in [0.5, 0.6) is 0 Å². The number of ether oxygens (including phenoxy) is 1. The highest BCUT2D eigenvalue weighted by Crippen LogP contribution is 2.12. The molecule has 3 heterocycles. The highest BCUT2D eigenvalue weighted by molar-refractivity contribution is 5.76. The minimum absolute atomic E-state index is 0.0605. The number of carbonyl (C=O) groups excluding carboxylic acids is 1. The van der Waals surface area contributed by atoms with Crippen molar-refractivity contribution in [2.75, 3.05) is 19.7 Å². The minimum Gasteiger partial charge on any atom is -0.375 e. The average Bonchev–Trinajstić information content (AvgIpc) is 3.07. The molecule has 2 aromatic heterocycles. The molecule has 1 fully saturated rings. The molecule has 0 saturated carbocycles. The molecule has 1 amide bonds. The monoisotopic (exact) mass is 301 g/mol. The Labute approximate surface area is 128 Å². The number of nitrogens with zero attached hydrogens (tertiary/aromatic N) is 5. The van der Waals surface area contributed by atoms with Crippen LogP contribution >= 0.6 is 0 Å². The lowest BCUT2D eigenvalue weighted by Gasteiger charge is -2.33. The van der Waals surface area contributed by atoms with Gasteiger partial charge in [0.05, 0.1) is 12.7 Å². The summed E-state index contributed by atoms with van der Waals surface area (Å²) < 4.78 is 7.40. The van der Waals surface area contributed by atoms with Crippen molar-refractivity contribution < 1.29 is 9.53 Å².